The fraction of sp³-hybridized carbons (Fsp3) is 0.0984. The number of rotatable bonds is 14. The molecule has 22 rings (SSSR count). The summed E-state index contributed by atoms with van der Waals surface area (Å²) >= 11 is 0. The smallest absolute Gasteiger partial charge is 0.309 e. The Morgan fingerprint density at radius 1 is 0.226 bits per heavy atom. The van der Waals surface area contributed by atoms with Gasteiger partial charge in [0.15, 0.2) is 0 Å². The van der Waals surface area contributed by atoms with Gasteiger partial charge in [-0.2, -0.15) is 50.0 Å². The molecule has 0 bridgehead atoms. The van der Waals surface area contributed by atoms with E-state index in [0.29, 0.717) is 84.9 Å². The predicted molar refractivity (Wildman–Crippen MR) is 539 cm³/mol. The largest absolute Gasteiger partial charge is 0.417 e. The zero-order valence-corrected chi connectivity index (χ0v) is 75.7. The van der Waals surface area contributed by atoms with Crippen LogP contribution in [0.2, 0.25) is 0 Å². The molecule has 664 valence electrons. The third-order valence-corrected chi connectivity index (χ3v) is 27.6. The molecule has 0 saturated carbocycles. The molecule has 0 N–H and O–H groups in total. The number of fused-ring (bicyclic) bond motifs is 12. The molecule has 0 saturated heterocycles. The molecule has 6 nitrogen and oxygen atoms in total. The van der Waals surface area contributed by atoms with E-state index in [1.54, 1.807) is 46.4 Å². The van der Waals surface area contributed by atoms with Gasteiger partial charge < -0.3 is 18.3 Å². The van der Waals surface area contributed by atoms with Crippen LogP contribution in [0, 0.1) is 78.1 Å². The van der Waals surface area contributed by atoms with Gasteiger partial charge in [0.05, 0.1) is 94.7 Å². The Morgan fingerprint density at radius 2 is 0.562 bits per heavy atom. The third kappa shape index (κ3) is 14.7. The second-order valence-corrected chi connectivity index (χ2v) is 36.4. The van der Waals surface area contributed by atoms with E-state index in [1.165, 1.54) is 18.2 Å². The first-order chi connectivity index (χ1) is 66.0. The second kappa shape index (κ2) is 32.7. The number of hydrogen-bond donors (Lipinski definition) is 0. The normalized spacial score (nSPS) is 12.1. The van der Waals surface area contributed by atoms with Crippen molar-refractivity contribution in [1.82, 2.24) is 18.3 Å². The maximum absolute atomic E-state index is 16.2. The van der Waals surface area contributed by atoms with E-state index < -0.39 is 46.3 Å². The van der Waals surface area contributed by atoms with E-state index in [4.69, 9.17) is 0 Å². The molecule has 4 heterocycles. The van der Waals surface area contributed by atoms with Gasteiger partial charge in [0.25, 0.3) is 0 Å². The molecule has 22 aromatic rings. The Bertz CT molecular complexity index is 8790. The van der Waals surface area contributed by atoms with Gasteiger partial charge in [-0.15, -0.1) is 0 Å². The van der Waals surface area contributed by atoms with Gasteiger partial charge in [0, 0.05) is 59.8 Å². The number of alkyl halides is 9. The Labute approximate surface area is 784 Å². The molecule has 137 heavy (non-hydrogen) atoms. The van der Waals surface area contributed by atoms with Gasteiger partial charge in [-0.05, 0) is 283 Å². The van der Waals surface area contributed by atoms with E-state index in [0.717, 1.165) is 167 Å². The van der Waals surface area contributed by atoms with Crippen molar-refractivity contribution in [3.63, 3.8) is 0 Å². The first-order valence-electron chi connectivity index (χ1n) is 45.3. The zero-order chi connectivity index (χ0) is 94.7. The highest BCUT2D eigenvalue weighted by molar-refractivity contribution is 6.16. The SMILES string of the molecule is Cc1ccc(-c2ccc3c(c2)c2cc(-c4ccc(C)cc4)ccc2n3-c2cc(-c3c(C)cccc3C(F)(F)F)c(-n3c4ccc(-c5ccc(C)cc5)cc4c4cc(-c5ccc(C)c(Cc6ccc(-c7ccc8c9ccccc9n(-c9cc(C#N)c(-n%10c%11ccccc%11c%11ccc(-c%12ccc(C)cc%12C)cc%11%10)cc9-c9c(C(F)(F)F)cccc9C(F)(F)F)c8c7)c(C)c6)c5)ccc43)cc2C#N)cc1. The molecule has 0 radical (unpaired) electrons. The standard InChI is InChI=1S/C122H83F9N6/c1-69-23-32-78(33-24-69)82-41-49-108-97(57-82)98-58-83(79-34-25-70(2)26-35-79)42-50-109(98)134(108)112-65-101(118-74(6)15-13-18-103(118)120(123,124)125)116(63-89(112)67-132)135-110-51-43-84(80-36-27-71(3)28-37-80)59-99(110)100-60-85(44-52-111(100)135)81-38-30-73(5)88(56-81)55-77-31-46-92(76(8)54-77)87-40-48-96-94-17-10-12-22-107(94)137(115(96)62-87)117-64-90(68-133)113(66-102(117)119-104(121(126,127)128)19-14-20-105(119)122(129,130)131)136-106-21-11-9-16-93(106)95-47-39-86(61-114(95)136)91-45-29-72(4)53-75(91)7/h9-54,56-66H,55H2,1-8H3. The molecule has 0 unspecified atom stereocenters. The lowest BCUT2D eigenvalue weighted by Crippen LogP contribution is -2.15. The van der Waals surface area contributed by atoms with Crippen LogP contribution in [0.15, 0.2) is 346 Å². The lowest BCUT2D eigenvalue weighted by Gasteiger charge is -2.24. The third-order valence-electron chi connectivity index (χ3n) is 27.6. The van der Waals surface area contributed by atoms with E-state index in [-0.39, 0.29) is 33.6 Å². The zero-order valence-electron chi connectivity index (χ0n) is 75.7. The van der Waals surface area contributed by atoms with E-state index in [1.807, 2.05) is 178 Å². The molecule has 0 spiro atoms. The molecule has 15 heteroatoms. The summed E-state index contributed by atoms with van der Waals surface area (Å²) in [6, 6.07) is 113. The average Bonchev–Trinajstić information content (AvgIpc) is 1.59. The van der Waals surface area contributed by atoms with Crippen molar-refractivity contribution in [2.75, 3.05) is 0 Å². The second-order valence-electron chi connectivity index (χ2n) is 36.4. The quantitative estimate of drug-likeness (QED) is 0.102. The number of nitriles is 2. The molecule has 0 amide bonds. The van der Waals surface area contributed by atoms with Crippen molar-refractivity contribution in [1.29, 1.82) is 10.5 Å². The molecule has 0 aliphatic heterocycles. The summed E-state index contributed by atoms with van der Waals surface area (Å²) in [5, 5.41) is 29.8. The van der Waals surface area contributed by atoms with Crippen LogP contribution < -0.4 is 0 Å². The number of nitrogens with zero attached hydrogens (tertiary/aromatic N) is 6. The highest BCUT2D eigenvalue weighted by Gasteiger charge is 2.43. The molecule has 0 aliphatic carbocycles. The minimum atomic E-state index is -5.29. The van der Waals surface area contributed by atoms with E-state index >= 15 is 39.5 Å². The highest BCUT2D eigenvalue weighted by Crippen LogP contribution is 2.53. The fourth-order valence-electron chi connectivity index (χ4n) is 20.9. The molecular formula is C122H83F9N6. The number of halogens is 9. The summed E-state index contributed by atoms with van der Waals surface area (Å²) in [4.78, 5) is 0. The summed E-state index contributed by atoms with van der Waals surface area (Å²) in [7, 11) is 0. The van der Waals surface area contributed by atoms with Crippen LogP contribution >= 0.6 is 0 Å². The van der Waals surface area contributed by atoms with Crippen molar-refractivity contribution in [3.8, 4) is 124 Å². The van der Waals surface area contributed by atoms with Gasteiger partial charge >= 0.3 is 18.5 Å². The number of aromatic nitrogens is 4. The maximum atomic E-state index is 16.2. The van der Waals surface area contributed by atoms with Crippen LogP contribution in [-0.2, 0) is 24.9 Å². The van der Waals surface area contributed by atoms with Gasteiger partial charge in [0.2, 0.25) is 0 Å². The fourth-order valence-corrected chi connectivity index (χ4v) is 20.9. The molecule has 0 aliphatic rings. The minimum Gasteiger partial charge on any atom is -0.309 e. The van der Waals surface area contributed by atoms with Crippen LogP contribution in [0.4, 0.5) is 39.5 Å². The number of para-hydroxylation sites is 2. The summed E-state index contributed by atoms with van der Waals surface area (Å²) < 4.78 is 152. The van der Waals surface area contributed by atoms with Crippen LogP contribution in [0.25, 0.3) is 199 Å². The summed E-state index contributed by atoms with van der Waals surface area (Å²) in [6.07, 6.45) is -14.9. The number of benzene rings is 18. The van der Waals surface area contributed by atoms with Gasteiger partial charge in [-0.3, -0.25) is 0 Å². The van der Waals surface area contributed by atoms with Crippen molar-refractivity contribution in [2.24, 2.45) is 0 Å². The molecule has 4 aromatic heterocycles. The monoisotopic (exact) mass is 1800 g/mol. The van der Waals surface area contributed by atoms with Crippen LogP contribution in [0.1, 0.15) is 83.5 Å². The first kappa shape index (κ1) is 86.0. The summed E-state index contributed by atoms with van der Waals surface area (Å²) in [5.74, 6) is 0. The van der Waals surface area contributed by atoms with Crippen molar-refractivity contribution in [2.45, 2.75) is 80.3 Å². The number of hydrogen-bond acceptors (Lipinski definition) is 2. The Kier molecular flexibility index (Phi) is 20.5. The molecule has 0 atom stereocenters. The van der Waals surface area contributed by atoms with Crippen molar-refractivity contribution in [3.05, 3.63) is 429 Å². The lowest BCUT2D eigenvalue weighted by atomic mass is 9.90. The lowest BCUT2D eigenvalue weighted by molar-refractivity contribution is -0.142. The molecule has 0 fully saturated rings. The van der Waals surface area contributed by atoms with Gasteiger partial charge in [-0.1, -0.05) is 253 Å². The first-order valence-corrected chi connectivity index (χ1v) is 45.3. The Hall–Kier alpha value is -16.5. The summed E-state index contributed by atoms with van der Waals surface area (Å²) in [5.41, 5.74) is 21.5. The minimum absolute atomic E-state index is 0.00858. The van der Waals surface area contributed by atoms with Crippen LogP contribution in [-0.4, -0.2) is 18.3 Å². The highest BCUT2D eigenvalue weighted by atomic mass is 19.4. The topological polar surface area (TPSA) is 67.3 Å². The van der Waals surface area contributed by atoms with Gasteiger partial charge in [-0.25, -0.2) is 0 Å². The number of aryl methyl sites for hydroxylation is 8. The van der Waals surface area contributed by atoms with Crippen LogP contribution in [0.5, 0.6) is 0 Å². The van der Waals surface area contributed by atoms with E-state index in [2.05, 4.69) is 165 Å². The molecule has 18 aromatic carbocycles. The Balaban J connectivity index is 0.671. The Morgan fingerprint density at radius 3 is 0.993 bits per heavy atom. The van der Waals surface area contributed by atoms with Crippen LogP contribution in [0.3, 0.4) is 0 Å². The maximum Gasteiger partial charge on any atom is 0.417 e. The van der Waals surface area contributed by atoms with Crippen molar-refractivity contribution >= 4 is 87.2 Å². The average molecular weight is 1800 g/mol. The van der Waals surface area contributed by atoms with E-state index in [9.17, 15) is 10.5 Å². The predicted octanol–water partition coefficient (Wildman–Crippen LogP) is 34.3. The molecular weight excluding hydrogens is 1720 g/mol. The summed E-state index contributed by atoms with van der Waals surface area (Å²) in [6.45, 7) is 15.9. The van der Waals surface area contributed by atoms with Crippen molar-refractivity contribution < 1.29 is 39.5 Å². The van der Waals surface area contributed by atoms with Gasteiger partial charge in [0.1, 0.15) is 12.1 Å².